The van der Waals surface area contributed by atoms with Gasteiger partial charge in [0.2, 0.25) is 5.91 Å². The van der Waals surface area contributed by atoms with Gasteiger partial charge in [-0.2, -0.15) is 0 Å². The molecule has 2 aliphatic rings. The molecule has 0 aliphatic carbocycles. The summed E-state index contributed by atoms with van der Waals surface area (Å²) in [5, 5.41) is 6.39. The Balaban J connectivity index is 1.45. The first kappa shape index (κ1) is 15.1. The topological polar surface area (TPSA) is 74.6 Å². The van der Waals surface area contributed by atoms with Crippen molar-refractivity contribution in [2.75, 3.05) is 19.6 Å². The Morgan fingerprint density at radius 2 is 2.05 bits per heavy atom. The number of carbonyl (C=O) groups excluding carboxylic acids is 2. The number of likely N-dealkylation sites (tertiary alicyclic amines) is 1. The van der Waals surface area contributed by atoms with Gasteiger partial charge in [-0.1, -0.05) is 6.42 Å². The first-order valence-electron chi connectivity index (χ1n) is 8.09. The lowest BCUT2D eigenvalue weighted by Crippen LogP contribution is -2.52. The Labute approximate surface area is 130 Å². The van der Waals surface area contributed by atoms with E-state index in [2.05, 4.69) is 10.6 Å². The van der Waals surface area contributed by atoms with E-state index in [1.54, 1.807) is 6.07 Å². The molecule has 1 atom stereocenters. The van der Waals surface area contributed by atoms with E-state index >= 15 is 0 Å². The minimum Gasteiger partial charge on any atom is -0.472 e. The molecule has 3 heterocycles. The molecule has 3 rings (SSSR count). The van der Waals surface area contributed by atoms with E-state index in [1.807, 2.05) is 4.90 Å². The number of hydrogen-bond acceptors (Lipinski definition) is 4. The molecular weight excluding hydrogens is 282 g/mol. The number of piperidine rings is 2. The first-order chi connectivity index (χ1) is 10.7. The van der Waals surface area contributed by atoms with Gasteiger partial charge in [-0.15, -0.1) is 0 Å². The van der Waals surface area contributed by atoms with Gasteiger partial charge in [-0.25, -0.2) is 0 Å². The van der Waals surface area contributed by atoms with Crippen molar-refractivity contribution >= 4 is 11.8 Å². The summed E-state index contributed by atoms with van der Waals surface area (Å²) in [5.74, 6) is 0.117. The molecule has 120 valence electrons. The fourth-order valence-electron chi connectivity index (χ4n) is 3.17. The van der Waals surface area contributed by atoms with Crippen LogP contribution in [0.1, 0.15) is 42.5 Å². The van der Waals surface area contributed by atoms with Crippen LogP contribution < -0.4 is 10.6 Å². The molecule has 22 heavy (non-hydrogen) atoms. The van der Waals surface area contributed by atoms with Crippen molar-refractivity contribution in [3.8, 4) is 0 Å². The van der Waals surface area contributed by atoms with Crippen molar-refractivity contribution in [1.29, 1.82) is 0 Å². The Kier molecular flexibility index (Phi) is 4.77. The van der Waals surface area contributed by atoms with Crippen LogP contribution in [0.15, 0.2) is 23.0 Å². The van der Waals surface area contributed by atoms with Crippen LogP contribution in [0, 0.1) is 0 Å². The maximum absolute atomic E-state index is 12.2. The van der Waals surface area contributed by atoms with Crippen molar-refractivity contribution in [3.63, 3.8) is 0 Å². The van der Waals surface area contributed by atoms with Crippen molar-refractivity contribution in [2.24, 2.45) is 0 Å². The molecule has 2 fully saturated rings. The summed E-state index contributed by atoms with van der Waals surface area (Å²) < 4.78 is 4.96. The highest BCUT2D eigenvalue weighted by atomic mass is 16.3. The second-order valence-corrected chi connectivity index (χ2v) is 6.09. The zero-order chi connectivity index (χ0) is 15.4. The van der Waals surface area contributed by atoms with E-state index < -0.39 is 0 Å². The molecule has 6 nitrogen and oxygen atoms in total. The van der Waals surface area contributed by atoms with Gasteiger partial charge in [0.15, 0.2) is 0 Å². The third-order valence-corrected chi connectivity index (χ3v) is 4.52. The summed E-state index contributed by atoms with van der Waals surface area (Å²) in [6, 6.07) is 1.81. The lowest BCUT2D eigenvalue weighted by atomic mass is 10.0. The molecule has 2 N–H and O–H groups in total. The van der Waals surface area contributed by atoms with Gasteiger partial charge in [0, 0.05) is 19.1 Å². The van der Waals surface area contributed by atoms with Crippen molar-refractivity contribution in [3.05, 3.63) is 24.2 Å². The number of carbonyl (C=O) groups is 2. The van der Waals surface area contributed by atoms with Gasteiger partial charge in [-0.3, -0.25) is 9.59 Å². The Bertz CT molecular complexity index is 501. The molecule has 6 heteroatoms. The van der Waals surface area contributed by atoms with Gasteiger partial charge in [-0.05, 0) is 38.3 Å². The predicted molar refractivity (Wildman–Crippen MR) is 81.4 cm³/mol. The summed E-state index contributed by atoms with van der Waals surface area (Å²) in [6.07, 6.45) is 7.79. The number of hydrogen-bond donors (Lipinski definition) is 2. The lowest BCUT2D eigenvalue weighted by molar-refractivity contribution is -0.124. The van der Waals surface area contributed by atoms with E-state index in [0.717, 1.165) is 38.6 Å². The molecular formula is C16H23N3O3. The molecule has 1 unspecified atom stereocenters. The van der Waals surface area contributed by atoms with Gasteiger partial charge in [0.1, 0.15) is 6.26 Å². The van der Waals surface area contributed by atoms with Crippen LogP contribution in [-0.2, 0) is 4.79 Å². The van der Waals surface area contributed by atoms with E-state index in [1.165, 1.54) is 12.5 Å². The Morgan fingerprint density at radius 1 is 1.23 bits per heavy atom. The number of nitrogens with one attached hydrogen (secondary N) is 2. The molecule has 0 spiro atoms. The fraction of sp³-hybridized carbons (Fsp3) is 0.625. The largest absolute Gasteiger partial charge is 0.472 e. The normalized spacial score (nSPS) is 23.3. The summed E-state index contributed by atoms with van der Waals surface area (Å²) in [4.78, 5) is 26.2. The van der Waals surface area contributed by atoms with Gasteiger partial charge in [0.05, 0.1) is 17.9 Å². The smallest absolute Gasteiger partial charge is 0.257 e. The van der Waals surface area contributed by atoms with Crippen molar-refractivity contribution in [1.82, 2.24) is 15.5 Å². The van der Waals surface area contributed by atoms with Gasteiger partial charge in [0.25, 0.3) is 5.91 Å². The minimum atomic E-state index is -0.0423. The highest BCUT2D eigenvalue weighted by molar-refractivity contribution is 5.93. The molecule has 0 radical (unpaired) electrons. The van der Waals surface area contributed by atoms with E-state index in [-0.39, 0.29) is 23.9 Å². The Hall–Kier alpha value is -1.82. The molecule has 0 saturated carbocycles. The number of nitrogens with zero attached hydrogens (tertiary/aromatic N) is 1. The van der Waals surface area contributed by atoms with Crippen LogP contribution in [-0.4, -0.2) is 48.4 Å². The summed E-state index contributed by atoms with van der Waals surface area (Å²) in [6.45, 7) is 2.27. The molecule has 1 aromatic rings. The highest BCUT2D eigenvalue weighted by Gasteiger charge is 2.27. The Morgan fingerprint density at radius 3 is 2.68 bits per heavy atom. The average molecular weight is 305 g/mol. The summed E-state index contributed by atoms with van der Waals surface area (Å²) >= 11 is 0. The van der Waals surface area contributed by atoms with E-state index in [0.29, 0.717) is 18.7 Å². The molecule has 0 aromatic carbocycles. The van der Waals surface area contributed by atoms with Crippen LogP contribution in [0.3, 0.4) is 0 Å². The fourth-order valence-corrected chi connectivity index (χ4v) is 3.17. The predicted octanol–water partition coefficient (Wildman–Crippen LogP) is 1.14. The second-order valence-electron chi connectivity index (χ2n) is 6.09. The zero-order valence-corrected chi connectivity index (χ0v) is 12.7. The zero-order valence-electron chi connectivity index (χ0n) is 12.7. The SMILES string of the molecule is O=C(NC1CCN(C(=O)c2ccoc2)CC1)C1CCCCN1. The third kappa shape index (κ3) is 3.50. The monoisotopic (exact) mass is 305 g/mol. The maximum atomic E-state index is 12.2. The summed E-state index contributed by atoms with van der Waals surface area (Å²) in [5.41, 5.74) is 0.592. The van der Waals surface area contributed by atoms with Crippen LogP contribution in [0.2, 0.25) is 0 Å². The number of rotatable bonds is 3. The second kappa shape index (κ2) is 6.96. The summed E-state index contributed by atoms with van der Waals surface area (Å²) in [7, 11) is 0. The highest BCUT2D eigenvalue weighted by Crippen LogP contribution is 2.15. The van der Waals surface area contributed by atoms with Crippen LogP contribution in [0.4, 0.5) is 0 Å². The van der Waals surface area contributed by atoms with E-state index in [9.17, 15) is 9.59 Å². The third-order valence-electron chi connectivity index (χ3n) is 4.52. The molecule has 2 saturated heterocycles. The van der Waals surface area contributed by atoms with Crippen LogP contribution in [0.5, 0.6) is 0 Å². The van der Waals surface area contributed by atoms with Gasteiger partial charge >= 0.3 is 0 Å². The van der Waals surface area contributed by atoms with E-state index in [4.69, 9.17) is 4.42 Å². The number of furan rings is 1. The molecule has 0 bridgehead atoms. The first-order valence-corrected chi connectivity index (χ1v) is 8.09. The average Bonchev–Trinajstić information content (AvgIpc) is 3.10. The van der Waals surface area contributed by atoms with Crippen molar-refractivity contribution in [2.45, 2.75) is 44.2 Å². The molecule has 1 aromatic heterocycles. The molecule has 2 aliphatic heterocycles. The number of amides is 2. The minimum absolute atomic E-state index is 0.00692. The quantitative estimate of drug-likeness (QED) is 0.878. The maximum Gasteiger partial charge on any atom is 0.257 e. The lowest BCUT2D eigenvalue weighted by Gasteiger charge is -2.33. The van der Waals surface area contributed by atoms with Gasteiger partial charge < -0.3 is 20.0 Å². The van der Waals surface area contributed by atoms with Crippen molar-refractivity contribution < 1.29 is 14.0 Å². The molecule has 2 amide bonds. The standard InChI is InChI=1S/C16H23N3O3/c20-15(14-3-1-2-7-17-14)18-13-4-8-19(9-5-13)16(21)12-6-10-22-11-12/h6,10-11,13-14,17H,1-5,7-9H2,(H,18,20). The van der Waals surface area contributed by atoms with Crippen LogP contribution >= 0.6 is 0 Å². The van der Waals surface area contributed by atoms with Crippen LogP contribution in [0.25, 0.3) is 0 Å².